The van der Waals surface area contributed by atoms with Crippen LogP contribution in [-0.2, 0) is 14.3 Å². The number of ether oxygens (including phenoxy) is 2. The molecule has 0 bridgehead atoms. The molecule has 0 radical (unpaired) electrons. The number of nitrogens with one attached hydrogen (secondary N) is 1. The smallest absolute Gasteiger partial charge is 0.421 e. The summed E-state index contributed by atoms with van der Waals surface area (Å²) in [6.07, 6.45) is -14.0. The van der Waals surface area contributed by atoms with Gasteiger partial charge in [0, 0.05) is 0 Å². The van der Waals surface area contributed by atoms with E-state index >= 15 is 0 Å². The summed E-state index contributed by atoms with van der Waals surface area (Å²) >= 11 is 0. The number of alkyl carbamates (subject to hydrolysis) is 1. The maximum atomic E-state index is 13.2. The average Bonchev–Trinajstić information content (AvgIpc) is 2.28. The van der Waals surface area contributed by atoms with Crippen molar-refractivity contribution in [2.24, 2.45) is 5.92 Å². The van der Waals surface area contributed by atoms with Crippen LogP contribution >= 0.6 is 0 Å². The van der Waals surface area contributed by atoms with Gasteiger partial charge in [-0.1, -0.05) is 0 Å². The predicted octanol–water partition coefficient (Wildman–Crippen LogP) is 3.18. The van der Waals surface area contributed by atoms with E-state index in [0.717, 1.165) is 5.32 Å². The van der Waals surface area contributed by atoms with E-state index in [1.165, 1.54) is 20.8 Å². The molecule has 0 aliphatic rings. The van der Waals surface area contributed by atoms with Crippen LogP contribution in [0.4, 0.5) is 31.1 Å². The predicted molar refractivity (Wildman–Crippen MR) is 65.4 cm³/mol. The topological polar surface area (TPSA) is 64.6 Å². The van der Waals surface area contributed by atoms with Crippen molar-refractivity contribution in [2.45, 2.75) is 51.2 Å². The molecule has 0 heterocycles. The Morgan fingerprint density at radius 2 is 1.35 bits per heavy atom. The van der Waals surface area contributed by atoms with Crippen LogP contribution in [0.1, 0.15) is 27.7 Å². The van der Waals surface area contributed by atoms with Crippen molar-refractivity contribution in [2.75, 3.05) is 7.11 Å². The van der Waals surface area contributed by atoms with E-state index in [0.29, 0.717) is 14.0 Å². The third-order valence-corrected chi connectivity index (χ3v) is 2.80. The van der Waals surface area contributed by atoms with Crippen LogP contribution in [0, 0.1) is 5.92 Å². The van der Waals surface area contributed by atoms with Crippen molar-refractivity contribution < 1.29 is 45.4 Å². The number of hydrogen-bond donors (Lipinski definition) is 1. The van der Waals surface area contributed by atoms with E-state index < -0.39 is 41.5 Å². The SMILES string of the molecule is COC(=O)C(C)C(NC(=O)OC(C)(C)C)(C(F)(F)F)C(F)(F)F. The molecule has 1 atom stereocenters. The van der Waals surface area contributed by atoms with E-state index in [9.17, 15) is 35.9 Å². The zero-order valence-electron chi connectivity index (χ0n) is 13.0. The molecule has 136 valence electrons. The van der Waals surface area contributed by atoms with Gasteiger partial charge >= 0.3 is 24.4 Å². The summed E-state index contributed by atoms with van der Waals surface area (Å²) < 4.78 is 87.7. The number of carbonyl (C=O) groups is 2. The van der Waals surface area contributed by atoms with Crippen molar-refractivity contribution in [1.82, 2.24) is 5.32 Å². The van der Waals surface area contributed by atoms with Crippen LogP contribution in [0.2, 0.25) is 0 Å². The van der Waals surface area contributed by atoms with Crippen molar-refractivity contribution in [1.29, 1.82) is 0 Å². The van der Waals surface area contributed by atoms with Gasteiger partial charge in [-0.15, -0.1) is 0 Å². The molecule has 0 fully saturated rings. The van der Waals surface area contributed by atoms with Gasteiger partial charge in [0.1, 0.15) is 5.60 Å². The molecule has 1 amide bonds. The zero-order valence-corrected chi connectivity index (χ0v) is 13.0. The first-order valence-corrected chi connectivity index (χ1v) is 6.22. The molecule has 1 N–H and O–H groups in total. The van der Waals surface area contributed by atoms with Gasteiger partial charge in [-0.05, 0) is 27.7 Å². The van der Waals surface area contributed by atoms with Crippen LogP contribution in [0.5, 0.6) is 0 Å². The molecule has 0 aliphatic carbocycles. The first-order valence-electron chi connectivity index (χ1n) is 6.22. The molecule has 0 spiro atoms. The number of amides is 1. The number of alkyl halides is 6. The minimum absolute atomic E-state index is 0.351. The highest BCUT2D eigenvalue weighted by Gasteiger charge is 2.76. The Hall–Kier alpha value is -1.68. The lowest BCUT2D eigenvalue weighted by Gasteiger charge is -2.40. The summed E-state index contributed by atoms with van der Waals surface area (Å²) in [5, 5.41) is 0.770. The standard InChI is InChI=1S/C12H17F6NO4/c1-6(7(20)22-5)10(11(13,14)15,12(16,17)18)19-8(21)23-9(2,3)4/h6H,1-5H3,(H,19,21). The molecule has 0 saturated heterocycles. The second-order valence-electron chi connectivity index (χ2n) is 5.68. The minimum Gasteiger partial charge on any atom is -0.469 e. The van der Waals surface area contributed by atoms with Crippen molar-refractivity contribution >= 4 is 12.1 Å². The highest BCUT2D eigenvalue weighted by Crippen LogP contribution is 2.48. The van der Waals surface area contributed by atoms with Gasteiger partial charge in [-0.2, -0.15) is 26.3 Å². The van der Waals surface area contributed by atoms with Gasteiger partial charge in [0.05, 0.1) is 13.0 Å². The average molecular weight is 353 g/mol. The van der Waals surface area contributed by atoms with Crippen molar-refractivity contribution in [3.63, 3.8) is 0 Å². The summed E-state index contributed by atoms with van der Waals surface area (Å²) in [5.41, 5.74) is -6.20. The largest absolute Gasteiger partial charge is 0.469 e. The van der Waals surface area contributed by atoms with Crippen molar-refractivity contribution in [3.8, 4) is 0 Å². The second kappa shape index (κ2) is 6.44. The Morgan fingerprint density at radius 1 is 0.957 bits per heavy atom. The van der Waals surface area contributed by atoms with Crippen LogP contribution in [0.25, 0.3) is 0 Å². The molecule has 11 heteroatoms. The van der Waals surface area contributed by atoms with Crippen LogP contribution in [0.15, 0.2) is 0 Å². The summed E-state index contributed by atoms with van der Waals surface area (Å²) in [6.45, 7) is 4.10. The molecule has 0 aliphatic heterocycles. The summed E-state index contributed by atoms with van der Waals surface area (Å²) in [5.74, 6) is -4.59. The van der Waals surface area contributed by atoms with E-state index in [1.54, 1.807) is 0 Å². The maximum absolute atomic E-state index is 13.2. The highest BCUT2D eigenvalue weighted by molar-refractivity contribution is 5.77. The first kappa shape index (κ1) is 21.3. The molecule has 5 nitrogen and oxygen atoms in total. The van der Waals surface area contributed by atoms with E-state index in [2.05, 4.69) is 9.47 Å². The first-order chi connectivity index (χ1) is 9.99. The molecule has 0 aromatic carbocycles. The number of halogens is 6. The molecular weight excluding hydrogens is 336 g/mol. The van der Waals surface area contributed by atoms with Gasteiger partial charge in [0.2, 0.25) is 5.54 Å². The molecule has 0 rings (SSSR count). The Labute approximate surface area is 128 Å². The molecule has 0 aromatic rings. The molecule has 1 unspecified atom stereocenters. The fourth-order valence-corrected chi connectivity index (χ4v) is 1.72. The Morgan fingerprint density at radius 3 is 1.61 bits per heavy atom. The minimum atomic E-state index is -6.03. The summed E-state index contributed by atoms with van der Waals surface area (Å²) in [4.78, 5) is 22.8. The van der Waals surface area contributed by atoms with Crippen LogP contribution < -0.4 is 5.32 Å². The fraction of sp³-hybridized carbons (Fsp3) is 0.833. The quantitative estimate of drug-likeness (QED) is 0.625. The molecule has 0 saturated carbocycles. The third kappa shape index (κ3) is 4.64. The fourth-order valence-electron chi connectivity index (χ4n) is 1.72. The Kier molecular flexibility index (Phi) is 5.97. The van der Waals surface area contributed by atoms with E-state index in [-0.39, 0.29) is 0 Å². The second-order valence-corrected chi connectivity index (χ2v) is 5.68. The molecule has 0 aromatic heterocycles. The maximum Gasteiger partial charge on any atom is 0.421 e. The van der Waals surface area contributed by atoms with Crippen LogP contribution in [0.3, 0.4) is 0 Å². The number of methoxy groups -OCH3 is 1. The lowest BCUT2D eigenvalue weighted by Crippen LogP contribution is -2.72. The van der Waals surface area contributed by atoms with Gasteiger partial charge in [0.25, 0.3) is 0 Å². The zero-order chi connectivity index (χ0) is 18.9. The normalized spacial score (nSPS) is 14.9. The lowest BCUT2D eigenvalue weighted by atomic mass is 9.83. The van der Waals surface area contributed by atoms with Gasteiger partial charge < -0.3 is 9.47 Å². The number of hydrogen-bond acceptors (Lipinski definition) is 4. The lowest BCUT2D eigenvalue weighted by molar-refractivity contribution is -0.318. The molecule has 23 heavy (non-hydrogen) atoms. The molecular formula is C12H17F6NO4. The highest BCUT2D eigenvalue weighted by atomic mass is 19.4. The van der Waals surface area contributed by atoms with E-state index in [1.807, 2.05) is 0 Å². The summed E-state index contributed by atoms with van der Waals surface area (Å²) in [6, 6.07) is 0. The van der Waals surface area contributed by atoms with E-state index in [4.69, 9.17) is 0 Å². The van der Waals surface area contributed by atoms with Gasteiger partial charge in [-0.25, -0.2) is 4.79 Å². The van der Waals surface area contributed by atoms with Crippen LogP contribution in [-0.4, -0.2) is 42.7 Å². The van der Waals surface area contributed by atoms with Gasteiger partial charge in [0.15, 0.2) is 0 Å². The van der Waals surface area contributed by atoms with Crippen molar-refractivity contribution in [3.05, 3.63) is 0 Å². The summed E-state index contributed by atoms with van der Waals surface area (Å²) in [7, 11) is 0.629. The van der Waals surface area contributed by atoms with Gasteiger partial charge in [-0.3, -0.25) is 10.1 Å². The Balaban J connectivity index is 6.07. The monoisotopic (exact) mass is 353 g/mol. The Bertz CT molecular complexity index is 438. The number of esters is 1. The number of rotatable bonds is 3. The third-order valence-electron chi connectivity index (χ3n) is 2.80. The number of carbonyl (C=O) groups excluding carboxylic acids is 2.